The molecule has 2 aliphatic rings. The first-order chi connectivity index (χ1) is 16.5. The largest absolute Gasteiger partial charge is 0.481 e. The lowest BCUT2D eigenvalue weighted by Gasteiger charge is -2.17. The summed E-state index contributed by atoms with van der Waals surface area (Å²) in [6, 6.07) is 16.0. The minimum Gasteiger partial charge on any atom is -0.481 e. The van der Waals surface area contributed by atoms with Crippen molar-refractivity contribution in [2.75, 3.05) is 13.2 Å². The Morgan fingerprint density at radius 2 is 1.71 bits per heavy atom. The fourth-order valence-corrected chi connectivity index (χ4v) is 4.85. The highest BCUT2D eigenvalue weighted by Crippen LogP contribution is 2.44. The number of hydrogen-bond acceptors (Lipinski definition) is 4. The number of aliphatic carboxylic acids is 1. The van der Waals surface area contributed by atoms with Crippen molar-refractivity contribution in [3.8, 4) is 11.1 Å². The van der Waals surface area contributed by atoms with Gasteiger partial charge in [-0.25, -0.2) is 4.79 Å². The minimum atomic E-state index is -0.911. The van der Waals surface area contributed by atoms with Crippen molar-refractivity contribution < 1.29 is 24.2 Å². The van der Waals surface area contributed by atoms with Crippen molar-refractivity contribution in [3.63, 3.8) is 0 Å². The predicted octanol–water partition coefficient (Wildman–Crippen LogP) is 4.31. The molecule has 0 aliphatic heterocycles. The number of rotatable bonds is 11. The van der Waals surface area contributed by atoms with Gasteiger partial charge >= 0.3 is 12.1 Å². The van der Waals surface area contributed by atoms with E-state index in [1.54, 1.807) is 0 Å². The van der Waals surface area contributed by atoms with Crippen LogP contribution in [0.4, 0.5) is 4.79 Å². The highest BCUT2D eigenvalue weighted by Gasteiger charge is 2.43. The molecule has 2 aromatic carbocycles. The Hall–Kier alpha value is -3.35. The molecule has 34 heavy (non-hydrogen) atoms. The number of amides is 2. The first-order valence-electron chi connectivity index (χ1n) is 12.1. The van der Waals surface area contributed by atoms with Crippen LogP contribution < -0.4 is 10.6 Å². The number of carboxylic acid groups (broad SMARTS) is 1. The average molecular weight is 465 g/mol. The van der Waals surface area contributed by atoms with Crippen molar-refractivity contribution in [2.45, 2.75) is 51.0 Å². The summed E-state index contributed by atoms with van der Waals surface area (Å²) in [7, 11) is 0. The molecule has 0 radical (unpaired) electrons. The summed E-state index contributed by atoms with van der Waals surface area (Å²) in [6.07, 6.45) is 2.60. The molecule has 3 atom stereocenters. The van der Waals surface area contributed by atoms with Crippen LogP contribution in [0.3, 0.4) is 0 Å². The molecule has 2 aliphatic carbocycles. The van der Waals surface area contributed by atoms with E-state index in [-0.39, 0.29) is 42.7 Å². The molecular formula is C27H32N2O5. The van der Waals surface area contributed by atoms with Crippen LogP contribution in [0.5, 0.6) is 0 Å². The van der Waals surface area contributed by atoms with Crippen molar-refractivity contribution in [3.05, 3.63) is 59.7 Å². The molecule has 1 saturated carbocycles. The molecule has 7 heteroatoms. The van der Waals surface area contributed by atoms with Crippen LogP contribution in [0, 0.1) is 11.8 Å². The third-order valence-electron chi connectivity index (χ3n) is 6.79. The van der Waals surface area contributed by atoms with Gasteiger partial charge in [0.15, 0.2) is 0 Å². The Morgan fingerprint density at radius 1 is 1.06 bits per heavy atom. The lowest BCUT2D eigenvalue weighted by molar-refractivity contribution is -0.137. The zero-order valence-electron chi connectivity index (χ0n) is 19.5. The number of unbranched alkanes of at least 4 members (excludes halogenated alkanes) is 1. The van der Waals surface area contributed by atoms with Gasteiger partial charge in [0.25, 0.3) is 0 Å². The van der Waals surface area contributed by atoms with Gasteiger partial charge in [0, 0.05) is 24.4 Å². The normalized spacial score (nSPS) is 19.0. The zero-order chi connectivity index (χ0) is 24.1. The van der Waals surface area contributed by atoms with E-state index in [2.05, 4.69) is 34.9 Å². The van der Waals surface area contributed by atoms with Gasteiger partial charge in [0.05, 0.1) is 6.42 Å². The molecule has 3 N–H and O–H groups in total. The van der Waals surface area contributed by atoms with Crippen LogP contribution in [-0.2, 0) is 14.3 Å². The number of ether oxygens (including phenoxy) is 1. The second kappa shape index (κ2) is 10.7. The van der Waals surface area contributed by atoms with Gasteiger partial charge in [0.1, 0.15) is 6.61 Å². The molecular weight excluding hydrogens is 432 g/mol. The van der Waals surface area contributed by atoms with Crippen molar-refractivity contribution in [1.82, 2.24) is 10.6 Å². The van der Waals surface area contributed by atoms with Crippen LogP contribution in [0.2, 0.25) is 0 Å². The summed E-state index contributed by atoms with van der Waals surface area (Å²) in [5.41, 5.74) is 4.68. The Labute approximate surface area is 199 Å². The predicted molar refractivity (Wildman–Crippen MR) is 128 cm³/mol. The van der Waals surface area contributed by atoms with Crippen molar-refractivity contribution in [2.24, 2.45) is 11.8 Å². The molecule has 1 fully saturated rings. The third-order valence-corrected chi connectivity index (χ3v) is 6.79. The summed E-state index contributed by atoms with van der Waals surface area (Å²) < 4.78 is 5.55. The number of carboxylic acids is 1. The second-order valence-electron chi connectivity index (χ2n) is 9.25. The lowest BCUT2D eigenvalue weighted by atomic mass is 9.98. The van der Waals surface area contributed by atoms with Crippen LogP contribution >= 0.6 is 0 Å². The highest BCUT2D eigenvalue weighted by molar-refractivity contribution is 5.82. The van der Waals surface area contributed by atoms with Crippen molar-refractivity contribution in [1.29, 1.82) is 0 Å². The Kier molecular flexibility index (Phi) is 7.50. The molecule has 180 valence electrons. The van der Waals surface area contributed by atoms with Gasteiger partial charge in [-0.3, -0.25) is 9.59 Å². The molecule has 7 nitrogen and oxygen atoms in total. The van der Waals surface area contributed by atoms with E-state index in [1.165, 1.54) is 11.1 Å². The Morgan fingerprint density at radius 3 is 2.32 bits per heavy atom. The topological polar surface area (TPSA) is 105 Å². The first-order valence-corrected chi connectivity index (χ1v) is 12.1. The molecule has 2 unspecified atom stereocenters. The number of fused-ring (bicyclic) bond motifs is 3. The van der Waals surface area contributed by atoms with Gasteiger partial charge in [-0.1, -0.05) is 68.3 Å². The maximum Gasteiger partial charge on any atom is 0.407 e. The van der Waals surface area contributed by atoms with E-state index in [4.69, 9.17) is 9.84 Å². The van der Waals surface area contributed by atoms with E-state index in [0.29, 0.717) is 19.4 Å². The Bertz CT molecular complexity index is 1010. The molecule has 0 bridgehead atoms. The summed E-state index contributed by atoms with van der Waals surface area (Å²) in [5, 5.41) is 14.7. The van der Waals surface area contributed by atoms with E-state index in [1.807, 2.05) is 31.2 Å². The SMILES string of the molecule is CCCC[C@H](CC(=O)O)NC(=O)C1CC1CNC(=O)OCC1c2ccccc2-c2ccccc21. The third kappa shape index (κ3) is 5.58. The van der Waals surface area contributed by atoms with Crippen LogP contribution in [0.15, 0.2) is 48.5 Å². The number of alkyl carbamates (subject to hydrolysis) is 1. The molecule has 0 aromatic heterocycles. The van der Waals surface area contributed by atoms with Crippen LogP contribution in [0.25, 0.3) is 11.1 Å². The number of carbonyl (C=O) groups is 3. The summed E-state index contributed by atoms with van der Waals surface area (Å²) in [5.74, 6) is -1.16. The molecule has 0 spiro atoms. The average Bonchev–Trinajstić information content (AvgIpc) is 3.55. The smallest absolute Gasteiger partial charge is 0.407 e. The maximum atomic E-state index is 12.5. The minimum absolute atomic E-state index is 0.00638. The van der Waals surface area contributed by atoms with Gasteiger partial charge in [-0.2, -0.15) is 0 Å². The number of nitrogens with one attached hydrogen (secondary N) is 2. The quantitative estimate of drug-likeness (QED) is 0.460. The lowest BCUT2D eigenvalue weighted by Crippen LogP contribution is -2.38. The van der Waals surface area contributed by atoms with E-state index in [0.717, 1.165) is 24.0 Å². The van der Waals surface area contributed by atoms with Gasteiger partial charge in [-0.05, 0) is 41.0 Å². The molecule has 2 aromatic rings. The Balaban J connectivity index is 1.23. The molecule has 4 rings (SSSR count). The monoisotopic (exact) mass is 464 g/mol. The summed E-state index contributed by atoms with van der Waals surface area (Å²) in [6.45, 7) is 2.65. The van der Waals surface area contributed by atoms with E-state index < -0.39 is 12.1 Å². The number of hydrogen-bond donors (Lipinski definition) is 3. The standard InChI is InChI=1S/C27H32N2O5/c1-2-3-8-18(14-25(30)31)29-26(32)23-13-17(23)15-28-27(33)34-16-24-21-11-6-4-9-19(21)20-10-5-7-12-22(20)24/h4-7,9-12,17-18,23-24H,2-3,8,13-16H2,1H3,(H,28,33)(H,29,32)(H,30,31)/t17?,18-,23?/m1/s1. The fourth-order valence-electron chi connectivity index (χ4n) is 4.85. The maximum absolute atomic E-state index is 12.5. The highest BCUT2D eigenvalue weighted by atomic mass is 16.5. The molecule has 0 heterocycles. The van der Waals surface area contributed by atoms with E-state index >= 15 is 0 Å². The van der Waals surface area contributed by atoms with Crippen LogP contribution in [0.1, 0.15) is 56.1 Å². The molecule has 2 amide bonds. The van der Waals surface area contributed by atoms with Gasteiger partial charge < -0.3 is 20.5 Å². The van der Waals surface area contributed by atoms with Gasteiger partial charge in [0.2, 0.25) is 5.91 Å². The molecule has 0 saturated heterocycles. The fraction of sp³-hybridized carbons (Fsp3) is 0.444. The number of benzene rings is 2. The van der Waals surface area contributed by atoms with E-state index in [9.17, 15) is 14.4 Å². The zero-order valence-corrected chi connectivity index (χ0v) is 19.5. The van der Waals surface area contributed by atoms with Crippen molar-refractivity contribution >= 4 is 18.0 Å². The van der Waals surface area contributed by atoms with Gasteiger partial charge in [-0.15, -0.1) is 0 Å². The second-order valence-corrected chi connectivity index (χ2v) is 9.25. The first kappa shape index (κ1) is 23.8. The summed E-state index contributed by atoms with van der Waals surface area (Å²) >= 11 is 0. The van der Waals surface area contributed by atoms with Crippen LogP contribution in [-0.4, -0.2) is 42.3 Å². The summed E-state index contributed by atoms with van der Waals surface area (Å²) in [4.78, 5) is 35.9. The number of carbonyl (C=O) groups excluding carboxylic acids is 2.